The number of aldehydes is 1. The van der Waals surface area contributed by atoms with Crippen LogP contribution in [0, 0.1) is 5.92 Å². The molecule has 0 heterocycles. The van der Waals surface area contributed by atoms with Crippen LogP contribution in [0.1, 0.15) is 92.9 Å². The zero-order valence-electron chi connectivity index (χ0n) is 33.1. The van der Waals surface area contributed by atoms with Crippen LogP contribution in [-0.2, 0) is 38.1 Å². The molecule has 0 fully saturated rings. The highest BCUT2D eigenvalue weighted by atomic mass is 16.5. The second-order valence-corrected chi connectivity index (χ2v) is 13.8. The number of carbonyl (C=O) groups excluding carboxylic acids is 4. The lowest BCUT2D eigenvalue weighted by Crippen LogP contribution is -2.47. The smallest absolute Gasteiger partial charge is 0.222 e. The predicted octanol–water partition coefficient (Wildman–Crippen LogP) is 1.77. The summed E-state index contributed by atoms with van der Waals surface area (Å²) in [5.74, 6) is -0.0894. The van der Waals surface area contributed by atoms with E-state index in [-0.39, 0.29) is 43.6 Å². The van der Waals surface area contributed by atoms with Gasteiger partial charge in [0.15, 0.2) is 0 Å². The highest BCUT2D eigenvalue weighted by Gasteiger charge is 2.24. The lowest BCUT2D eigenvalue weighted by Gasteiger charge is -2.28. The molecule has 17 nitrogen and oxygen atoms in total. The van der Waals surface area contributed by atoms with E-state index in [2.05, 4.69) is 36.9 Å². The Balaban J connectivity index is 4.08. The number of hydrogen-bond acceptors (Lipinski definition) is 14. The van der Waals surface area contributed by atoms with E-state index < -0.39 is 11.1 Å². The van der Waals surface area contributed by atoms with Gasteiger partial charge < -0.3 is 60.7 Å². The maximum atomic E-state index is 12.5. The molecule has 308 valence electrons. The quantitative estimate of drug-likeness (QED) is 0.0161. The zero-order valence-corrected chi connectivity index (χ0v) is 33.1. The summed E-state index contributed by atoms with van der Waals surface area (Å²) in [6, 6.07) is 0. The van der Waals surface area contributed by atoms with Gasteiger partial charge >= 0.3 is 0 Å². The largest absolute Gasteiger partial charge is 0.411 e. The van der Waals surface area contributed by atoms with Crippen LogP contribution >= 0.6 is 0 Å². The molecule has 53 heavy (non-hydrogen) atoms. The Morgan fingerprint density at radius 3 is 1.43 bits per heavy atom. The molecule has 3 amide bonds. The van der Waals surface area contributed by atoms with E-state index >= 15 is 0 Å². The van der Waals surface area contributed by atoms with Crippen LogP contribution in [-0.4, -0.2) is 143 Å². The minimum atomic E-state index is -0.450. The Morgan fingerprint density at radius 2 is 0.981 bits per heavy atom. The second-order valence-electron chi connectivity index (χ2n) is 13.8. The van der Waals surface area contributed by atoms with Gasteiger partial charge in [0.05, 0.1) is 75.4 Å². The van der Waals surface area contributed by atoms with Crippen LogP contribution in [0.25, 0.3) is 0 Å². The van der Waals surface area contributed by atoms with Gasteiger partial charge in [-0.1, -0.05) is 10.3 Å². The standard InChI is InChI=1S/C36H69N7O10/c1-29(42-48)35(3,4)40-16-12-31(13-17-41-36(5,6)30(2)43-49)11-15-37-32(45)9-7-10-33(46)38-18-23-53-28-26-51-22-14-34(47)39-19-24-52-27-25-50-21-8-20-44/h20,31,40-41,48-49H,7-19,21-28H2,1-6H3,(H,37,45)(H,38,46)(H,39,47)/b42-29-,43-30-. The second kappa shape index (κ2) is 31.2. The van der Waals surface area contributed by atoms with E-state index in [1.54, 1.807) is 13.8 Å². The third kappa shape index (κ3) is 28.0. The van der Waals surface area contributed by atoms with E-state index in [1.807, 2.05) is 27.7 Å². The molecule has 0 saturated carbocycles. The highest BCUT2D eigenvalue weighted by Crippen LogP contribution is 2.15. The van der Waals surface area contributed by atoms with Gasteiger partial charge in [-0.15, -0.1) is 0 Å². The molecule has 7 N–H and O–H groups in total. The molecule has 17 heteroatoms. The number of rotatable bonds is 35. The minimum Gasteiger partial charge on any atom is -0.411 e. The molecule has 0 rings (SSSR count). The van der Waals surface area contributed by atoms with Gasteiger partial charge in [-0.05, 0) is 86.2 Å². The average molecular weight is 760 g/mol. The number of nitrogens with one attached hydrogen (secondary N) is 5. The molecule has 0 bridgehead atoms. The Labute approximate surface area is 316 Å². The Bertz CT molecular complexity index is 1040. The lowest BCUT2D eigenvalue weighted by molar-refractivity contribution is -0.123. The van der Waals surface area contributed by atoms with E-state index in [1.165, 1.54) is 0 Å². The molecule has 0 aromatic carbocycles. The fourth-order valence-electron chi connectivity index (χ4n) is 4.67. The number of ether oxygens (including phenoxy) is 4. The molecule has 0 aliphatic carbocycles. The predicted molar refractivity (Wildman–Crippen MR) is 203 cm³/mol. The van der Waals surface area contributed by atoms with Gasteiger partial charge in [0.25, 0.3) is 0 Å². The van der Waals surface area contributed by atoms with Crippen molar-refractivity contribution in [3.8, 4) is 0 Å². The van der Waals surface area contributed by atoms with Gasteiger partial charge in [0.2, 0.25) is 17.7 Å². The average Bonchev–Trinajstić information content (AvgIpc) is 3.12. The van der Waals surface area contributed by atoms with Crippen molar-refractivity contribution >= 4 is 35.4 Å². The summed E-state index contributed by atoms with van der Waals surface area (Å²) >= 11 is 0. The zero-order chi connectivity index (χ0) is 39.8. The first-order valence-electron chi connectivity index (χ1n) is 18.7. The van der Waals surface area contributed by atoms with Crippen LogP contribution in [0.5, 0.6) is 0 Å². The molecule has 0 radical (unpaired) electrons. The summed E-state index contributed by atoms with van der Waals surface area (Å²) in [5, 5.41) is 40.4. The first-order chi connectivity index (χ1) is 25.3. The van der Waals surface area contributed by atoms with Crippen molar-refractivity contribution < 1.29 is 48.5 Å². The SMILES string of the molecule is C/C(=N/O)C(C)(C)NCCC(CCNC(=O)CCCC(=O)NCCOCCOCCC(=O)NCCOCCOCCC=O)CCNC(C)(C)/C(C)=N\O. The Kier molecular flexibility index (Phi) is 29.3. The molecular weight excluding hydrogens is 690 g/mol. The fourth-order valence-corrected chi connectivity index (χ4v) is 4.67. The number of nitrogens with zero attached hydrogens (tertiary/aromatic N) is 2. The van der Waals surface area contributed by atoms with Crippen molar-refractivity contribution in [3.63, 3.8) is 0 Å². The first kappa shape index (κ1) is 49.8. The maximum absolute atomic E-state index is 12.5. The van der Waals surface area contributed by atoms with Gasteiger partial charge in [0.1, 0.15) is 6.29 Å². The third-order valence-electron chi connectivity index (χ3n) is 8.77. The highest BCUT2D eigenvalue weighted by molar-refractivity contribution is 5.90. The maximum Gasteiger partial charge on any atom is 0.222 e. The summed E-state index contributed by atoms with van der Waals surface area (Å²) in [5.41, 5.74) is 0.285. The molecular formula is C36H69N7O10. The van der Waals surface area contributed by atoms with E-state index in [0.717, 1.165) is 25.5 Å². The summed E-state index contributed by atoms with van der Waals surface area (Å²) < 4.78 is 21.4. The lowest BCUT2D eigenvalue weighted by atomic mass is 9.94. The van der Waals surface area contributed by atoms with Crippen molar-refractivity contribution in [1.82, 2.24) is 26.6 Å². The normalized spacial score (nSPS) is 13.1. The summed E-state index contributed by atoms with van der Waals surface area (Å²) in [6.07, 6.45) is 4.79. The van der Waals surface area contributed by atoms with Gasteiger partial charge in [-0.2, -0.15) is 0 Å². The molecule has 0 aliphatic rings. The topological polar surface area (TPSA) is 231 Å². The van der Waals surface area contributed by atoms with Crippen molar-refractivity contribution in [1.29, 1.82) is 0 Å². The summed E-state index contributed by atoms with van der Waals surface area (Å²) in [6.45, 7) is 16.8. The van der Waals surface area contributed by atoms with Gasteiger partial charge in [-0.3, -0.25) is 14.4 Å². The van der Waals surface area contributed by atoms with Gasteiger partial charge in [0, 0.05) is 45.3 Å². The number of hydrogen-bond donors (Lipinski definition) is 7. The molecule has 0 unspecified atom stereocenters. The number of amides is 3. The molecule has 0 aromatic heterocycles. The Morgan fingerprint density at radius 1 is 0.585 bits per heavy atom. The molecule has 0 spiro atoms. The number of oxime groups is 2. The van der Waals surface area contributed by atoms with Crippen LogP contribution in [0.2, 0.25) is 0 Å². The summed E-state index contributed by atoms with van der Waals surface area (Å²) in [7, 11) is 0. The van der Waals surface area contributed by atoms with Crippen LogP contribution < -0.4 is 26.6 Å². The molecule has 0 saturated heterocycles. The van der Waals surface area contributed by atoms with Crippen molar-refractivity contribution in [2.75, 3.05) is 85.6 Å². The Hall–Kier alpha value is -3.22. The van der Waals surface area contributed by atoms with Crippen molar-refractivity contribution in [2.24, 2.45) is 16.2 Å². The van der Waals surface area contributed by atoms with E-state index in [9.17, 15) is 19.2 Å². The molecule has 0 aromatic rings. The van der Waals surface area contributed by atoms with E-state index in [0.29, 0.717) is 109 Å². The van der Waals surface area contributed by atoms with Crippen LogP contribution in [0.4, 0.5) is 0 Å². The first-order valence-corrected chi connectivity index (χ1v) is 18.7. The minimum absolute atomic E-state index is 0.0976. The summed E-state index contributed by atoms with van der Waals surface area (Å²) in [4.78, 5) is 46.6. The van der Waals surface area contributed by atoms with Crippen molar-refractivity contribution in [3.05, 3.63) is 0 Å². The van der Waals surface area contributed by atoms with Crippen molar-refractivity contribution in [2.45, 2.75) is 104 Å². The third-order valence-corrected chi connectivity index (χ3v) is 8.77. The monoisotopic (exact) mass is 760 g/mol. The van der Waals surface area contributed by atoms with Crippen LogP contribution in [0.15, 0.2) is 10.3 Å². The fraction of sp³-hybridized carbons (Fsp3) is 0.833. The number of carbonyl (C=O) groups is 4. The van der Waals surface area contributed by atoms with E-state index in [4.69, 9.17) is 29.4 Å². The molecule has 0 atom stereocenters. The van der Waals surface area contributed by atoms with Gasteiger partial charge in [-0.25, -0.2) is 0 Å². The molecule has 0 aliphatic heterocycles. The van der Waals surface area contributed by atoms with Crippen LogP contribution in [0.3, 0.4) is 0 Å².